The van der Waals surface area contributed by atoms with Crippen LogP contribution in [0.1, 0.15) is 19.8 Å². The number of nitrogens with one attached hydrogen (secondary N) is 2. The molecule has 4 heterocycles. The van der Waals surface area contributed by atoms with Gasteiger partial charge in [-0.05, 0) is 62.2 Å². The lowest BCUT2D eigenvalue weighted by Crippen LogP contribution is -2.42. The first-order chi connectivity index (χ1) is 16.9. The highest BCUT2D eigenvalue weighted by Crippen LogP contribution is 2.31. The van der Waals surface area contributed by atoms with Gasteiger partial charge in [0.15, 0.2) is 0 Å². The third-order valence-corrected chi connectivity index (χ3v) is 6.26. The fourth-order valence-corrected chi connectivity index (χ4v) is 4.18. The van der Waals surface area contributed by atoms with Crippen LogP contribution in [0.25, 0.3) is 10.9 Å². The van der Waals surface area contributed by atoms with Gasteiger partial charge in [0.1, 0.15) is 17.3 Å². The molecular weight excluding hydrogens is 466 g/mol. The van der Waals surface area contributed by atoms with E-state index in [4.69, 9.17) is 16.3 Å². The van der Waals surface area contributed by atoms with E-state index in [-0.39, 0.29) is 0 Å². The van der Waals surface area contributed by atoms with E-state index >= 15 is 0 Å². The average Bonchev–Trinajstić information content (AvgIpc) is 2.84. The van der Waals surface area contributed by atoms with Gasteiger partial charge >= 0.3 is 0 Å². The van der Waals surface area contributed by atoms with Crippen molar-refractivity contribution in [3.05, 3.63) is 59.9 Å². The molecule has 4 aromatic rings. The van der Waals surface area contributed by atoms with E-state index in [0.29, 0.717) is 41.2 Å². The molecule has 0 aliphatic carbocycles. The first kappa shape index (κ1) is 23.1. The highest BCUT2D eigenvalue weighted by atomic mass is 35.5. The van der Waals surface area contributed by atoms with Crippen molar-refractivity contribution >= 4 is 51.5 Å². The lowest BCUT2D eigenvalue weighted by atomic mass is 9.94. The second kappa shape index (κ2) is 9.52. The SMILES string of the molecule is COc1nc(N2CCC(C)(O)CC2)ccc1Nc1nccc(Nc2cnc3ccc(Cl)cc3c2)n1. The van der Waals surface area contributed by atoms with Crippen LogP contribution >= 0.6 is 11.6 Å². The quantitative estimate of drug-likeness (QED) is 0.346. The van der Waals surface area contributed by atoms with Crippen LogP contribution in [0.15, 0.2) is 54.9 Å². The van der Waals surface area contributed by atoms with E-state index in [1.807, 2.05) is 43.3 Å². The Bertz CT molecular complexity index is 1350. The Morgan fingerprint density at radius 1 is 1.03 bits per heavy atom. The molecule has 3 N–H and O–H groups in total. The number of anilines is 5. The third kappa shape index (κ3) is 5.36. The number of methoxy groups -OCH3 is 1. The number of benzene rings is 1. The van der Waals surface area contributed by atoms with Crippen molar-refractivity contribution in [1.29, 1.82) is 0 Å². The largest absolute Gasteiger partial charge is 0.479 e. The molecule has 3 aromatic heterocycles. The van der Waals surface area contributed by atoms with Crippen molar-refractivity contribution in [2.75, 3.05) is 35.7 Å². The lowest BCUT2D eigenvalue weighted by Gasteiger charge is -2.36. The monoisotopic (exact) mass is 491 g/mol. The summed E-state index contributed by atoms with van der Waals surface area (Å²) in [6, 6.07) is 13.1. The Labute approximate surface area is 208 Å². The van der Waals surface area contributed by atoms with Gasteiger partial charge in [-0.3, -0.25) is 4.98 Å². The molecule has 1 aromatic carbocycles. The van der Waals surface area contributed by atoms with E-state index < -0.39 is 5.60 Å². The summed E-state index contributed by atoms with van der Waals surface area (Å²) < 4.78 is 5.53. The van der Waals surface area contributed by atoms with Crippen molar-refractivity contribution in [3.8, 4) is 5.88 Å². The zero-order chi connectivity index (χ0) is 24.4. The van der Waals surface area contributed by atoms with Crippen LogP contribution in [0, 0.1) is 0 Å². The number of aromatic nitrogens is 4. The first-order valence-electron chi connectivity index (χ1n) is 11.3. The van der Waals surface area contributed by atoms with Crippen LogP contribution in [0.2, 0.25) is 5.02 Å². The normalized spacial score (nSPS) is 15.1. The smallest absolute Gasteiger partial charge is 0.239 e. The summed E-state index contributed by atoms with van der Waals surface area (Å²) >= 11 is 6.11. The van der Waals surface area contributed by atoms with E-state index in [1.54, 1.807) is 25.6 Å². The number of nitrogens with zero attached hydrogens (tertiary/aromatic N) is 5. The number of fused-ring (bicyclic) bond motifs is 1. The van der Waals surface area contributed by atoms with Gasteiger partial charge in [0.25, 0.3) is 0 Å². The fraction of sp³-hybridized carbons (Fsp3) is 0.280. The minimum atomic E-state index is -0.617. The molecule has 1 aliphatic rings. The summed E-state index contributed by atoms with van der Waals surface area (Å²) in [7, 11) is 1.58. The van der Waals surface area contributed by atoms with Gasteiger partial charge < -0.3 is 25.4 Å². The maximum Gasteiger partial charge on any atom is 0.239 e. The zero-order valence-corrected chi connectivity index (χ0v) is 20.3. The maximum atomic E-state index is 10.2. The Hall–Kier alpha value is -3.69. The van der Waals surface area contributed by atoms with Crippen molar-refractivity contribution < 1.29 is 9.84 Å². The molecule has 1 fully saturated rings. The molecule has 1 aliphatic heterocycles. The van der Waals surface area contributed by atoms with E-state index in [0.717, 1.165) is 35.5 Å². The average molecular weight is 492 g/mol. The van der Waals surface area contributed by atoms with Crippen LogP contribution in [0.5, 0.6) is 5.88 Å². The Morgan fingerprint density at radius 2 is 1.86 bits per heavy atom. The summed E-state index contributed by atoms with van der Waals surface area (Å²) in [5, 5.41) is 18.3. The molecule has 0 radical (unpaired) electrons. The third-order valence-electron chi connectivity index (χ3n) is 6.02. The van der Waals surface area contributed by atoms with E-state index in [9.17, 15) is 5.11 Å². The lowest BCUT2D eigenvalue weighted by molar-refractivity contribution is 0.0350. The molecule has 0 unspecified atom stereocenters. The second-order valence-electron chi connectivity index (χ2n) is 8.79. The molecule has 0 bridgehead atoms. The summed E-state index contributed by atoms with van der Waals surface area (Å²) in [6.45, 7) is 3.35. The minimum Gasteiger partial charge on any atom is -0.479 e. The summed E-state index contributed by atoms with van der Waals surface area (Å²) in [4.78, 5) is 20.1. The van der Waals surface area contributed by atoms with Crippen molar-refractivity contribution in [2.45, 2.75) is 25.4 Å². The summed E-state index contributed by atoms with van der Waals surface area (Å²) in [6.07, 6.45) is 4.81. The van der Waals surface area contributed by atoms with Crippen molar-refractivity contribution in [3.63, 3.8) is 0 Å². The molecule has 0 atom stereocenters. The van der Waals surface area contributed by atoms with Gasteiger partial charge in [-0.2, -0.15) is 9.97 Å². The van der Waals surface area contributed by atoms with Crippen LogP contribution in [0.3, 0.4) is 0 Å². The molecule has 0 amide bonds. The highest BCUT2D eigenvalue weighted by molar-refractivity contribution is 6.31. The topological polar surface area (TPSA) is 108 Å². The van der Waals surface area contributed by atoms with Crippen LogP contribution in [-0.4, -0.2) is 50.8 Å². The molecule has 5 rings (SSSR count). The molecule has 0 saturated carbocycles. The molecule has 180 valence electrons. The Morgan fingerprint density at radius 3 is 2.66 bits per heavy atom. The second-order valence-corrected chi connectivity index (χ2v) is 9.22. The number of hydrogen-bond acceptors (Lipinski definition) is 9. The molecular formula is C25H26ClN7O2. The fourth-order valence-electron chi connectivity index (χ4n) is 4.00. The van der Waals surface area contributed by atoms with Gasteiger partial charge in [0, 0.05) is 29.7 Å². The van der Waals surface area contributed by atoms with Crippen LogP contribution < -0.4 is 20.3 Å². The molecule has 0 spiro atoms. The van der Waals surface area contributed by atoms with Crippen LogP contribution in [-0.2, 0) is 0 Å². The molecule has 1 saturated heterocycles. The van der Waals surface area contributed by atoms with Gasteiger partial charge in [0.2, 0.25) is 11.8 Å². The van der Waals surface area contributed by atoms with Gasteiger partial charge in [0.05, 0.1) is 30.1 Å². The molecule has 9 nitrogen and oxygen atoms in total. The van der Waals surface area contributed by atoms with Gasteiger partial charge in [-0.1, -0.05) is 11.6 Å². The number of pyridine rings is 2. The molecule has 10 heteroatoms. The summed E-state index contributed by atoms with van der Waals surface area (Å²) in [5.74, 6) is 2.25. The number of aliphatic hydroxyl groups is 1. The van der Waals surface area contributed by atoms with Gasteiger partial charge in [-0.25, -0.2) is 4.98 Å². The number of hydrogen-bond donors (Lipinski definition) is 3. The predicted octanol–water partition coefficient (Wildman–Crippen LogP) is 4.92. The van der Waals surface area contributed by atoms with E-state index in [2.05, 4.69) is 35.5 Å². The van der Waals surface area contributed by atoms with Crippen molar-refractivity contribution in [1.82, 2.24) is 19.9 Å². The number of ether oxygens (including phenoxy) is 1. The first-order valence-corrected chi connectivity index (χ1v) is 11.7. The maximum absolute atomic E-state index is 10.2. The zero-order valence-electron chi connectivity index (χ0n) is 19.5. The van der Waals surface area contributed by atoms with Crippen LogP contribution in [0.4, 0.5) is 29.0 Å². The minimum absolute atomic E-state index is 0.397. The highest BCUT2D eigenvalue weighted by Gasteiger charge is 2.28. The number of halogens is 1. The Kier molecular flexibility index (Phi) is 6.27. The standard InChI is InChI=1S/C25H26ClN7O2/c1-25(34)8-11-33(12-9-25)22-6-5-20(23(32-22)35-2)30-24-27-10-7-21(31-24)29-18-14-16-13-17(26)3-4-19(16)28-15-18/h3-7,10,13-15,34H,8-9,11-12H2,1-2H3,(H2,27,29,30,31). The van der Waals surface area contributed by atoms with E-state index in [1.165, 1.54) is 0 Å². The predicted molar refractivity (Wildman–Crippen MR) is 138 cm³/mol. The Balaban J connectivity index is 1.32. The van der Waals surface area contributed by atoms with Gasteiger partial charge in [-0.15, -0.1) is 0 Å². The summed E-state index contributed by atoms with van der Waals surface area (Å²) in [5.41, 5.74) is 1.69. The number of rotatable bonds is 6. The molecule has 35 heavy (non-hydrogen) atoms. The van der Waals surface area contributed by atoms with Crippen molar-refractivity contribution in [2.24, 2.45) is 0 Å². The number of piperidine rings is 1.